The predicted octanol–water partition coefficient (Wildman–Crippen LogP) is 2.42. The lowest BCUT2D eigenvalue weighted by atomic mass is 10.2. The molecule has 7 heteroatoms. The molecule has 2 N–H and O–H groups in total. The molecule has 0 aliphatic carbocycles. The highest BCUT2D eigenvalue weighted by Gasteiger charge is 2.07. The topological polar surface area (TPSA) is 71.4 Å². The van der Waals surface area contributed by atoms with Crippen LogP contribution in [0.15, 0.2) is 30.3 Å². The molecule has 0 saturated heterocycles. The number of rotatable bonds is 5. The summed E-state index contributed by atoms with van der Waals surface area (Å²) in [5.41, 5.74) is 3.02. The van der Waals surface area contributed by atoms with E-state index in [0.29, 0.717) is 19.0 Å². The molecule has 3 aromatic rings. The average molecular weight is 300 g/mol. The van der Waals surface area contributed by atoms with Gasteiger partial charge in [0.2, 0.25) is 5.95 Å². The monoisotopic (exact) mass is 300 g/mol. The fourth-order valence-corrected chi connectivity index (χ4v) is 2.21. The van der Waals surface area contributed by atoms with Crippen LogP contribution in [0.1, 0.15) is 22.8 Å². The number of halogens is 1. The molecular formula is C15H17FN6. The van der Waals surface area contributed by atoms with Gasteiger partial charge in [0, 0.05) is 12.2 Å². The second kappa shape index (κ2) is 5.97. The molecule has 0 spiro atoms. The van der Waals surface area contributed by atoms with Crippen LogP contribution in [0.5, 0.6) is 0 Å². The number of aryl methyl sites for hydroxylation is 2. The number of aromatic nitrogens is 5. The van der Waals surface area contributed by atoms with E-state index in [4.69, 9.17) is 0 Å². The van der Waals surface area contributed by atoms with E-state index >= 15 is 0 Å². The first-order valence-electron chi connectivity index (χ1n) is 7.01. The minimum Gasteiger partial charge on any atom is -0.349 e. The number of hydrogen-bond acceptors (Lipinski definition) is 4. The quantitative estimate of drug-likeness (QED) is 0.759. The molecule has 0 fully saturated rings. The van der Waals surface area contributed by atoms with Gasteiger partial charge in [-0.05, 0) is 37.6 Å². The lowest BCUT2D eigenvalue weighted by molar-refractivity contribution is 0.627. The summed E-state index contributed by atoms with van der Waals surface area (Å²) in [6, 6.07) is 8.34. The number of anilines is 1. The summed E-state index contributed by atoms with van der Waals surface area (Å²) in [6.45, 7) is 5.05. The highest BCUT2D eigenvalue weighted by molar-refractivity contribution is 5.27. The van der Waals surface area contributed by atoms with Gasteiger partial charge in [-0.25, -0.2) is 4.39 Å². The molecule has 0 aliphatic heterocycles. The van der Waals surface area contributed by atoms with Crippen LogP contribution in [0.2, 0.25) is 0 Å². The van der Waals surface area contributed by atoms with Gasteiger partial charge in [-0.15, -0.1) is 5.10 Å². The zero-order chi connectivity index (χ0) is 15.5. The summed E-state index contributed by atoms with van der Waals surface area (Å²) in [6.07, 6.45) is 0. The van der Waals surface area contributed by atoms with Crippen molar-refractivity contribution in [2.45, 2.75) is 26.9 Å². The Labute approximate surface area is 127 Å². The van der Waals surface area contributed by atoms with E-state index in [9.17, 15) is 4.39 Å². The minimum absolute atomic E-state index is 0.242. The highest BCUT2D eigenvalue weighted by Crippen LogP contribution is 2.08. The smallest absolute Gasteiger partial charge is 0.242 e. The third-order valence-corrected chi connectivity index (χ3v) is 3.30. The Morgan fingerprint density at radius 3 is 2.68 bits per heavy atom. The molecule has 22 heavy (non-hydrogen) atoms. The first-order valence-corrected chi connectivity index (χ1v) is 7.01. The second-order valence-corrected chi connectivity index (χ2v) is 5.17. The van der Waals surface area contributed by atoms with Crippen molar-refractivity contribution in [3.8, 4) is 0 Å². The lowest BCUT2D eigenvalue weighted by Gasteiger charge is -2.02. The van der Waals surface area contributed by atoms with Crippen molar-refractivity contribution < 1.29 is 4.39 Å². The van der Waals surface area contributed by atoms with Gasteiger partial charge in [0.1, 0.15) is 18.2 Å². The molecule has 0 atom stereocenters. The third kappa shape index (κ3) is 3.30. The van der Waals surface area contributed by atoms with Gasteiger partial charge in [-0.3, -0.25) is 9.78 Å². The zero-order valence-electron chi connectivity index (χ0n) is 12.5. The van der Waals surface area contributed by atoms with Crippen LogP contribution in [0.3, 0.4) is 0 Å². The Kier molecular flexibility index (Phi) is 3.86. The van der Waals surface area contributed by atoms with E-state index in [0.717, 1.165) is 22.8 Å². The van der Waals surface area contributed by atoms with E-state index in [1.165, 1.54) is 12.1 Å². The molecule has 0 bridgehead atoms. The molecule has 2 heterocycles. The Bertz CT molecular complexity index is 759. The summed E-state index contributed by atoms with van der Waals surface area (Å²) in [4.78, 5) is 4.38. The van der Waals surface area contributed by atoms with Crippen LogP contribution in [0.25, 0.3) is 0 Å². The van der Waals surface area contributed by atoms with Crippen LogP contribution >= 0.6 is 0 Å². The standard InChI is InChI=1S/C15H17FN6/c1-10-7-11(2)22(21-10)9-14-18-15(20-19-14)17-8-12-3-5-13(16)6-4-12/h3-7H,8-9H2,1-2H3,(H2,17,18,19,20). The number of aromatic amines is 1. The average Bonchev–Trinajstić information content (AvgIpc) is 3.05. The maximum Gasteiger partial charge on any atom is 0.242 e. The van der Waals surface area contributed by atoms with Gasteiger partial charge < -0.3 is 5.32 Å². The van der Waals surface area contributed by atoms with Gasteiger partial charge >= 0.3 is 0 Å². The van der Waals surface area contributed by atoms with Gasteiger partial charge in [-0.2, -0.15) is 10.1 Å². The summed E-state index contributed by atoms with van der Waals surface area (Å²) < 4.78 is 14.7. The van der Waals surface area contributed by atoms with Gasteiger partial charge in [0.25, 0.3) is 0 Å². The molecule has 2 aromatic heterocycles. The summed E-state index contributed by atoms with van der Waals surface area (Å²) in [5, 5.41) is 14.5. The van der Waals surface area contributed by atoms with Crippen molar-refractivity contribution in [3.63, 3.8) is 0 Å². The van der Waals surface area contributed by atoms with Crippen molar-refractivity contribution in [3.05, 3.63) is 58.9 Å². The first kappa shape index (κ1) is 14.2. The fourth-order valence-electron chi connectivity index (χ4n) is 2.21. The van der Waals surface area contributed by atoms with Crippen LogP contribution < -0.4 is 5.32 Å². The SMILES string of the molecule is Cc1cc(C)n(Cc2nc(NCc3ccc(F)cc3)n[nH]2)n1. The van der Waals surface area contributed by atoms with Crippen LogP contribution in [0, 0.1) is 19.7 Å². The Balaban J connectivity index is 1.61. The number of nitrogens with zero attached hydrogens (tertiary/aromatic N) is 4. The van der Waals surface area contributed by atoms with E-state index in [-0.39, 0.29) is 5.82 Å². The largest absolute Gasteiger partial charge is 0.349 e. The van der Waals surface area contributed by atoms with E-state index < -0.39 is 0 Å². The van der Waals surface area contributed by atoms with E-state index in [2.05, 4.69) is 25.6 Å². The van der Waals surface area contributed by atoms with Crippen molar-refractivity contribution >= 4 is 5.95 Å². The maximum absolute atomic E-state index is 12.8. The first-order chi connectivity index (χ1) is 10.6. The summed E-state index contributed by atoms with van der Waals surface area (Å²) in [7, 11) is 0. The molecule has 6 nitrogen and oxygen atoms in total. The van der Waals surface area contributed by atoms with Gasteiger partial charge in [-0.1, -0.05) is 12.1 Å². The molecule has 0 saturated carbocycles. The molecular weight excluding hydrogens is 283 g/mol. The second-order valence-electron chi connectivity index (χ2n) is 5.17. The predicted molar refractivity (Wildman–Crippen MR) is 80.9 cm³/mol. The number of H-pyrrole nitrogens is 1. The molecule has 3 rings (SSSR count). The Hall–Kier alpha value is -2.70. The van der Waals surface area contributed by atoms with Crippen molar-refractivity contribution in [1.82, 2.24) is 25.0 Å². The van der Waals surface area contributed by atoms with Crippen molar-refractivity contribution in [2.24, 2.45) is 0 Å². The maximum atomic E-state index is 12.8. The summed E-state index contributed by atoms with van der Waals surface area (Å²) in [5.74, 6) is 1.00. The summed E-state index contributed by atoms with van der Waals surface area (Å²) >= 11 is 0. The van der Waals surface area contributed by atoms with E-state index in [1.807, 2.05) is 24.6 Å². The van der Waals surface area contributed by atoms with Gasteiger partial charge in [0.05, 0.1) is 5.69 Å². The Morgan fingerprint density at radius 1 is 1.23 bits per heavy atom. The Morgan fingerprint density at radius 2 is 2.00 bits per heavy atom. The normalized spacial score (nSPS) is 10.9. The fraction of sp³-hybridized carbons (Fsp3) is 0.267. The van der Waals surface area contributed by atoms with Crippen molar-refractivity contribution in [1.29, 1.82) is 0 Å². The molecule has 0 aliphatic rings. The molecule has 1 aromatic carbocycles. The van der Waals surface area contributed by atoms with Crippen LogP contribution in [-0.4, -0.2) is 25.0 Å². The minimum atomic E-state index is -0.242. The third-order valence-electron chi connectivity index (χ3n) is 3.30. The lowest BCUT2D eigenvalue weighted by Crippen LogP contribution is -2.05. The molecule has 114 valence electrons. The molecule has 0 unspecified atom stereocenters. The molecule has 0 radical (unpaired) electrons. The number of nitrogens with one attached hydrogen (secondary N) is 2. The van der Waals surface area contributed by atoms with Crippen LogP contribution in [-0.2, 0) is 13.1 Å². The highest BCUT2D eigenvalue weighted by atomic mass is 19.1. The zero-order valence-corrected chi connectivity index (χ0v) is 12.5. The van der Waals surface area contributed by atoms with E-state index in [1.54, 1.807) is 12.1 Å². The van der Waals surface area contributed by atoms with Gasteiger partial charge in [0.15, 0.2) is 0 Å². The van der Waals surface area contributed by atoms with Crippen molar-refractivity contribution in [2.75, 3.05) is 5.32 Å². The number of hydrogen-bond donors (Lipinski definition) is 2. The molecule has 0 amide bonds. The number of benzene rings is 1. The van der Waals surface area contributed by atoms with Crippen LogP contribution in [0.4, 0.5) is 10.3 Å².